The van der Waals surface area contributed by atoms with Crippen LogP contribution in [-0.2, 0) is 11.3 Å². The summed E-state index contributed by atoms with van der Waals surface area (Å²) in [4.78, 5) is 12.0. The first-order chi connectivity index (χ1) is 15.9. The lowest BCUT2D eigenvalue weighted by molar-refractivity contribution is -0.131. The fourth-order valence-electron chi connectivity index (χ4n) is 3.06. The number of carbonyl (C=O) groups is 1. The molecule has 0 bridgehead atoms. The van der Waals surface area contributed by atoms with Crippen molar-refractivity contribution in [2.24, 2.45) is 0 Å². The van der Waals surface area contributed by atoms with Gasteiger partial charge in [-0.15, -0.1) is 10.2 Å². The highest BCUT2D eigenvalue weighted by atomic mass is 35.5. The molecule has 0 amide bonds. The highest BCUT2D eigenvalue weighted by molar-refractivity contribution is 8.04. The number of halogens is 3. The molecule has 0 aliphatic carbocycles. The SMILES string of the molecule is CCn1c(S/C(=C\c2ccc(-c3ccc(Cl)c(Cl)c3)o2)C(=O)O)nnc1-c1ccc(Cl)cc1. The van der Waals surface area contributed by atoms with E-state index in [4.69, 9.17) is 39.2 Å². The lowest BCUT2D eigenvalue weighted by Gasteiger charge is -2.07. The topological polar surface area (TPSA) is 81.2 Å². The molecule has 168 valence electrons. The molecule has 1 N–H and O–H groups in total. The number of hydrogen-bond donors (Lipinski definition) is 1. The van der Waals surface area contributed by atoms with Crippen molar-refractivity contribution in [1.29, 1.82) is 0 Å². The lowest BCUT2D eigenvalue weighted by atomic mass is 10.2. The van der Waals surface area contributed by atoms with Gasteiger partial charge in [-0.25, -0.2) is 4.79 Å². The number of carboxylic acid groups (broad SMARTS) is 1. The molecule has 0 aliphatic heterocycles. The zero-order valence-corrected chi connectivity index (χ0v) is 20.2. The molecule has 0 saturated carbocycles. The molecule has 2 aromatic heterocycles. The van der Waals surface area contributed by atoms with Gasteiger partial charge in [-0.2, -0.15) is 0 Å². The van der Waals surface area contributed by atoms with Gasteiger partial charge in [-0.05, 0) is 73.3 Å². The molecule has 2 heterocycles. The van der Waals surface area contributed by atoms with Gasteiger partial charge in [0.05, 0.1) is 10.0 Å². The molecular weight excluding hydrogens is 505 g/mol. The van der Waals surface area contributed by atoms with Gasteiger partial charge in [0.1, 0.15) is 16.4 Å². The van der Waals surface area contributed by atoms with Crippen molar-refractivity contribution in [3.63, 3.8) is 0 Å². The van der Waals surface area contributed by atoms with Crippen LogP contribution in [0.25, 0.3) is 28.8 Å². The first kappa shape index (κ1) is 23.4. The van der Waals surface area contributed by atoms with E-state index in [-0.39, 0.29) is 4.91 Å². The van der Waals surface area contributed by atoms with Gasteiger partial charge in [0, 0.05) is 28.8 Å². The second-order valence-electron chi connectivity index (χ2n) is 6.80. The van der Waals surface area contributed by atoms with Crippen LogP contribution in [0, 0.1) is 0 Å². The minimum Gasteiger partial charge on any atom is -0.477 e. The third kappa shape index (κ3) is 5.28. The Labute approximate surface area is 208 Å². The van der Waals surface area contributed by atoms with Gasteiger partial charge in [0.25, 0.3) is 0 Å². The van der Waals surface area contributed by atoms with Crippen LogP contribution in [0.2, 0.25) is 15.1 Å². The average molecular weight is 521 g/mol. The molecule has 6 nitrogen and oxygen atoms in total. The average Bonchev–Trinajstić information content (AvgIpc) is 3.42. The maximum atomic E-state index is 11.9. The quantitative estimate of drug-likeness (QED) is 0.202. The summed E-state index contributed by atoms with van der Waals surface area (Å²) < 4.78 is 7.66. The summed E-state index contributed by atoms with van der Waals surface area (Å²) in [5, 5.41) is 20.1. The summed E-state index contributed by atoms with van der Waals surface area (Å²) in [6.45, 7) is 2.50. The van der Waals surface area contributed by atoms with Crippen molar-refractivity contribution in [3.8, 4) is 22.7 Å². The monoisotopic (exact) mass is 519 g/mol. The lowest BCUT2D eigenvalue weighted by Crippen LogP contribution is -2.02. The molecule has 10 heteroatoms. The second kappa shape index (κ2) is 10.1. The number of carboxylic acids is 1. The molecule has 0 unspecified atom stereocenters. The Kier molecular flexibility index (Phi) is 7.14. The van der Waals surface area contributed by atoms with Crippen LogP contribution >= 0.6 is 46.6 Å². The Morgan fingerprint density at radius 3 is 2.42 bits per heavy atom. The molecular formula is C23H16Cl3N3O3S. The summed E-state index contributed by atoms with van der Waals surface area (Å²) >= 11 is 19.0. The molecule has 33 heavy (non-hydrogen) atoms. The Balaban J connectivity index is 1.63. The van der Waals surface area contributed by atoms with E-state index in [2.05, 4.69) is 10.2 Å². The van der Waals surface area contributed by atoms with Crippen LogP contribution in [0.15, 0.2) is 69.1 Å². The van der Waals surface area contributed by atoms with E-state index in [0.29, 0.717) is 44.1 Å². The predicted molar refractivity (Wildman–Crippen MR) is 132 cm³/mol. The number of aromatic nitrogens is 3. The van der Waals surface area contributed by atoms with Crippen molar-refractivity contribution in [3.05, 3.63) is 80.3 Å². The fourth-order valence-corrected chi connectivity index (χ4v) is 4.35. The van der Waals surface area contributed by atoms with Crippen LogP contribution in [-0.4, -0.2) is 25.8 Å². The van der Waals surface area contributed by atoms with Gasteiger partial charge in [0.2, 0.25) is 0 Å². The molecule has 0 fully saturated rings. The zero-order valence-electron chi connectivity index (χ0n) is 17.1. The number of benzene rings is 2. The molecule has 0 saturated heterocycles. The van der Waals surface area contributed by atoms with Crippen molar-refractivity contribution < 1.29 is 14.3 Å². The largest absolute Gasteiger partial charge is 0.477 e. The number of nitrogens with zero attached hydrogens (tertiary/aromatic N) is 3. The third-order valence-corrected chi connectivity index (χ3v) is 6.64. The second-order valence-corrected chi connectivity index (χ2v) is 9.06. The highest BCUT2D eigenvalue weighted by Gasteiger charge is 2.19. The van der Waals surface area contributed by atoms with Crippen LogP contribution in [0.3, 0.4) is 0 Å². The smallest absolute Gasteiger partial charge is 0.342 e. The Bertz CT molecular complexity index is 1350. The van der Waals surface area contributed by atoms with Gasteiger partial charge in [-0.1, -0.05) is 34.8 Å². The van der Waals surface area contributed by atoms with E-state index in [1.165, 1.54) is 6.08 Å². The van der Waals surface area contributed by atoms with Gasteiger partial charge in [-0.3, -0.25) is 0 Å². The first-order valence-electron chi connectivity index (χ1n) is 9.73. The third-order valence-electron chi connectivity index (χ3n) is 4.65. The molecule has 0 spiro atoms. The highest BCUT2D eigenvalue weighted by Crippen LogP contribution is 2.33. The molecule has 2 aromatic carbocycles. The minimum atomic E-state index is -1.11. The van der Waals surface area contributed by atoms with E-state index < -0.39 is 5.97 Å². The van der Waals surface area contributed by atoms with Crippen molar-refractivity contribution in [2.45, 2.75) is 18.6 Å². The van der Waals surface area contributed by atoms with E-state index in [1.807, 2.05) is 23.6 Å². The normalized spacial score (nSPS) is 11.7. The number of furan rings is 1. The van der Waals surface area contributed by atoms with Crippen LogP contribution in [0.4, 0.5) is 0 Å². The van der Waals surface area contributed by atoms with Gasteiger partial charge < -0.3 is 14.1 Å². The summed E-state index contributed by atoms with van der Waals surface area (Å²) in [6.07, 6.45) is 1.45. The summed E-state index contributed by atoms with van der Waals surface area (Å²) in [6, 6.07) is 15.8. The van der Waals surface area contributed by atoms with Crippen LogP contribution in [0.1, 0.15) is 12.7 Å². The van der Waals surface area contributed by atoms with Crippen LogP contribution in [0.5, 0.6) is 0 Å². The number of hydrogen-bond acceptors (Lipinski definition) is 5. The summed E-state index contributed by atoms with van der Waals surface area (Å²) in [5.41, 5.74) is 1.56. The maximum absolute atomic E-state index is 11.9. The number of aliphatic carboxylic acids is 1. The summed E-state index contributed by atoms with van der Waals surface area (Å²) in [5.74, 6) is 0.435. The van der Waals surface area contributed by atoms with E-state index >= 15 is 0 Å². The summed E-state index contributed by atoms with van der Waals surface area (Å²) in [7, 11) is 0. The Morgan fingerprint density at radius 1 is 1.03 bits per heavy atom. The standard InChI is InChI=1S/C23H16Cl3N3O3S/c1-2-29-21(13-3-6-15(24)7-4-13)27-28-23(29)33-20(22(30)31)12-16-8-10-19(32-16)14-5-9-17(25)18(26)11-14/h3-12H,2H2,1H3,(H,30,31)/b20-12-. The maximum Gasteiger partial charge on any atom is 0.342 e. The minimum absolute atomic E-state index is 0.0368. The molecule has 0 atom stereocenters. The van der Waals surface area contributed by atoms with Gasteiger partial charge >= 0.3 is 5.97 Å². The number of rotatable bonds is 7. The molecule has 0 aliphatic rings. The Morgan fingerprint density at radius 2 is 1.76 bits per heavy atom. The predicted octanol–water partition coefficient (Wildman–Crippen LogP) is 7.40. The molecule has 4 aromatic rings. The first-order valence-corrected chi connectivity index (χ1v) is 11.7. The van der Waals surface area contributed by atoms with E-state index in [1.54, 1.807) is 42.5 Å². The molecule has 0 radical (unpaired) electrons. The van der Waals surface area contributed by atoms with E-state index in [0.717, 1.165) is 22.9 Å². The van der Waals surface area contributed by atoms with Crippen molar-refractivity contribution in [1.82, 2.24) is 14.8 Å². The fraction of sp³-hybridized carbons (Fsp3) is 0.0870. The Hall–Kier alpha value is -2.71. The molecule has 4 rings (SSSR count). The van der Waals surface area contributed by atoms with Crippen molar-refractivity contribution >= 4 is 58.6 Å². The number of thioether (sulfide) groups is 1. The zero-order chi connectivity index (χ0) is 23.5. The van der Waals surface area contributed by atoms with Crippen LogP contribution < -0.4 is 0 Å². The van der Waals surface area contributed by atoms with Gasteiger partial charge in [0.15, 0.2) is 11.0 Å². The van der Waals surface area contributed by atoms with E-state index in [9.17, 15) is 9.90 Å². The van der Waals surface area contributed by atoms with Crippen molar-refractivity contribution in [2.75, 3.05) is 0 Å².